The lowest BCUT2D eigenvalue weighted by atomic mass is 10.2. The molecule has 0 spiro atoms. The first kappa shape index (κ1) is 12.5. The average molecular weight is 244 g/mol. The Balaban J connectivity index is 2.08. The Kier molecular flexibility index (Phi) is 3.92. The lowest BCUT2D eigenvalue weighted by Gasteiger charge is -2.07. The summed E-state index contributed by atoms with van der Waals surface area (Å²) >= 11 is 0. The number of aromatic nitrogens is 1. The van der Waals surface area contributed by atoms with Gasteiger partial charge >= 0.3 is 0 Å². The third kappa shape index (κ3) is 3.06. The molecule has 0 aliphatic rings. The molecule has 94 valence electrons. The third-order valence-corrected chi connectivity index (χ3v) is 2.61. The van der Waals surface area contributed by atoms with Crippen LogP contribution >= 0.6 is 0 Å². The number of ether oxygens (including phenoxy) is 1. The molecule has 0 aliphatic carbocycles. The number of nitrogens with zero attached hydrogens (tertiary/aromatic N) is 1. The van der Waals surface area contributed by atoms with E-state index in [4.69, 9.17) is 15.6 Å². The Bertz CT molecular complexity index is 492. The minimum Gasteiger partial charge on any atom is -0.439 e. The van der Waals surface area contributed by atoms with Crippen molar-refractivity contribution in [1.82, 2.24) is 4.98 Å². The summed E-state index contributed by atoms with van der Waals surface area (Å²) in [6.07, 6.45) is 1.71. The van der Waals surface area contributed by atoms with Crippen LogP contribution in [-0.4, -0.2) is 10.1 Å². The van der Waals surface area contributed by atoms with Gasteiger partial charge in [0.2, 0.25) is 5.88 Å². The van der Waals surface area contributed by atoms with E-state index in [1.807, 2.05) is 25.1 Å². The monoisotopic (exact) mass is 244 g/mol. The minimum absolute atomic E-state index is 0.0294. The van der Waals surface area contributed by atoms with Gasteiger partial charge in [-0.3, -0.25) is 0 Å². The summed E-state index contributed by atoms with van der Waals surface area (Å²) in [4.78, 5) is 4.19. The number of benzene rings is 1. The van der Waals surface area contributed by atoms with Crippen molar-refractivity contribution in [2.24, 2.45) is 5.73 Å². The number of hydrogen-bond donors (Lipinski definition) is 2. The van der Waals surface area contributed by atoms with Crippen LogP contribution in [0.25, 0.3) is 0 Å². The predicted molar refractivity (Wildman–Crippen MR) is 69.3 cm³/mol. The summed E-state index contributed by atoms with van der Waals surface area (Å²) in [7, 11) is 0. The molecule has 1 aromatic heterocycles. The van der Waals surface area contributed by atoms with Gasteiger partial charge in [0.15, 0.2) is 0 Å². The standard InChI is InChI=1S/C14H16N2O2/c1-10(15)12-4-7-14(16-8-12)18-13-5-2-11(9-17)3-6-13/h2-8,10,17H,9,15H2,1H3/t10-/m1/s1. The Labute approximate surface area is 106 Å². The second-order valence-corrected chi connectivity index (χ2v) is 4.12. The van der Waals surface area contributed by atoms with Gasteiger partial charge in [0.25, 0.3) is 0 Å². The SMILES string of the molecule is C[C@@H](N)c1ccc(Oc2ccc(CO)cc2)nc1. The molecule has 0 amide bonds. The Morgan fingerprint density at radius 2 is 1.94 bits per heavy atom. The summed E-state index contributed by atoms with van der Waals surface area (Å²) in [6, 6.07) is 10.9. The van der Waals surface area contributed by atoms with Crippen LogP contribution in [0.2, 0.25) is 0 Å². The maximum Gasteiger partial charge on any atom is 0.219 e. The van der Waals surface area contributed by atoms with E-state index in [9.17, 15) is 0 Å². The van der Waals surface area contributed by atoms with Gasteiger partial charge in [0.1, 0.15) is 5.75 Å². The topological polar surface area (TPSA) is 68.4 Å². The summed E-state index contributed by atoms with van der Waals surface area (Å²) in [5.74, 6) is 1.21. The first-order valence-electron chi connectivity index (χ1n) is 5.78. The highest BCUT2D eigenvalue weighted by Gasteiger charge is 2.02. The molecule has 3 N–H and O–H groups in total. The summed E-state index contributed by atoms with van der Waals surface area (Å²) in [5, 5.41) is 8.94. The molecule has 0 unspecified atom stereocenters. The van der Waals surface area contributed by atoms with E-state index in [1.165, 1.54) is 0 Å². The predicted octanol–water partition coefficient (Wildman–Crippen LogP) is 2.39. The molecule has 18 heavy (non-hydrogen) atoms. The van der Waals surface area contributed by atoms with E-state index in [1.54, 1.807) is 24.4 Å². The van der Waals surface area contributed by atoms with Crippen molar-refractivity contribution in [3.8, 4) is 11.6 Å². The summed E-state index contributed by atoms with van der Waals surface area (Å²) in [6.45, 7) is 1.94. The number of nitrogens with two attached hydrogens (primary N) is 1. The molecule has 0 radical (unpaired) electrons. The van der Waals surface area contributed by atoms with Crippen LogP contribution in [0.3, 0.4) is 0 Å². The van der Waals surface area contributed by atoms with Gasteiger partial charge in [-0.2, -0.15) is 0 Å². The van der Waals surface area contributed by atoms with Crippen LogP contribution in [-0.2, 0) is 6.61 Å². The molecular formula is C14H16N2O2. The van der Waals surface area contributed by atoms with Crippen molar-refractivity contribution in [2.45, 2.75) is 19.6 Å². The van der Waals surface area contributed by atoms with Gasteiger partial charge in [-0.05, 0) is 30.2 Å². The number of aliphatic hydroxyl groups excluding tert-OH is 1. The Hall–Kier alpha value is -1.91. The van der Waals surface area contributed by atoms with Crippen LogP contribution in [0, 0.1) is 0 Å². The summed E-state index contributed by atoms with van der Waals surface area (Å²) < 4.78 is 5.58. The van der Waals surface area contributed by atoms with Gasteiger partial charge in [0, 0.05) is 18.3 Å². The zero-order valence-corrected chi connectivity index (χ0v) is 10.2. The molecule has 0 saturated heterocycles. The molecule has 0 fully saturated rings. The third-order valence-electron chi connectivity index (χ3n) is 2.61. The maximum atomic E-state index is 8.94. The van der Waals surface area contributed by atoms with Crippen molar-refractivity contribution >= 4 is 0 Å². The van der Waals surface area contributed by atoms with Crippen LogP contribution in [0.4, 0.5) is 0 Å². The fraction of sp³-hybridized carbons (Fsp3) is 0.214. The number of rotatable bonds is 4. The van der Waals surface area contributed by atoms with Gasteiger partial charge in [0.05, 0.1) is 6.61 Å². The zero-order chi connectivity index (χ0) is 13.0. The van der Waals surface area contributed by atoms with Gasteiger partial charge in [-0.1, -0.05) is 18.2 Å². The molecule has 1 aromatic carbocycles. The second-order valence-electron chi connectivity index (χ2n) is 4.12. The van der Waals surface area contributed by atoms with Gasteiger partial charge in [-0.25, -0.2) is 4.98 Å². The van der Waals surface area contributed by atoms with E-state index in [2.05, 4.69) is 4.98 Å². The van der Waals surface area contributed by atoms with E-state index >= 15 is 0 Å². The second kappa shape index (κ2) is 5.62. The fourth-order valence-electron chi connectivity index (χ4n) is 1.51. The number of pyridine rings is 1. The first-order chi connectivity index (χ1) is 8.69. The smallest absolute Gasteiger partial charge is 0.219 e. The van der Waals surface area contributed by atoms with Gasteiger partial charge in [-0.15, -0.1) is 0 Å². The number of hydrogen-bond acceptors (Lipinski definition) is 4. The normalized spacial score (nSPS) is 12.2. The molecule has 4 heteroatoms. The number of aliphatic hydroxyl groups is 1. The lowest BCUT2D eigenvalue weighted by Crippen LogP contribution is -2.05. The Morgan fingerprint density at radius 1 is 1.22 bits per heavy atom. The van der Waals surface area contributed by atoms with Crippen molar-refractivity contribution in [1.29, 1.82) is 0 Å². The van der Waals surface area contributed by atoms with Crippen LogP contribution in [0.15, 0.2) is 42.6 Å². The highest BCUT2D eigenvalue weighted by molar-refractivity contribution is 5.31. The zero-order valence-electron chi connectivity index (χ0n) is 10.2. The van der Waals surface area contributed by atoms with Crippen LogP contribution in [0.1, 0.15) is 24.1 Å². The van der Waals surface area contributed by atoms with Crippen LogP contribution < -0.4 is 10.5 Å². The molecule has 1 atom stereocenters. The minimum atomic E-state index is -0.0320. The average Bonchev–Trinajstić information content (AvgIpc) is 2.40. The first-order valence-corrected chi connectivity index (χ1v) is 5.78. The van der Waals surface area contributed by atoms with E-state index in [0.29, 0.717) is 11.6 Å². The van der Waals surface area contributed by atoms with Gasteiger partial charge < -0.3 is 15.6 Å². The van der Waals surface area contributed by atoms with Crippen LogP contribution in [0.5, 0.6) is 11.6 Å². The quantitative estimate of drug-likeness (QED) is 0.866. The van der Waals surface area contributed by atoms with Crippen molar-refractivity contribution in [3.63, 3.8) is 0 Å². The molecule has 0 saturated carbocycles. The summed E-state index contributed by atoms with van der Waals surface area (Å²) in [5.41, 5.74) is 7.56. The molecule has 0 bridgehead atoms. The maximum absolute atomic E-state index is 8.94. The fourth-order valence-corrected chi connectivity index (χ4v) is 1.51. The molecule has 1 heterocycles. The Morgan fingerprint density at radius 3 is 2.44 bits per heavy atom. The highest BCUT2D eigenvalue weighted by Crippen LogP contribution is 2.20. The molecule has 2 rings (SSSR count). The molecule has 0 aliphatic heterocycles. The van der Waals surface area contributed by atoms with Crippen molar-refractivity contribution in [2.75, 3.05) is 0 Å². The van der Waals surface area contributed by atoms with Crippen molar-refractivity contribution in [3.05, 3.63) is 53.7 Å². The molecule has 4 nitrogen and oxygen atoms in total. The molecule has 2 aromatic rings. The van der Waals surface area contributed by atoms with Crippen molar-refractivity contribution < 1.29 is 9.84 Å². The molecular weight excluding hydrogens is 228 g/mol. The largest absolute Gasteiger partial charge is 0.439 e. The highest BCUT2D eigenvalue weighted by atomic mass is 16.5. The lowest BCUT2D eigenvalue weighted by molar-refractivity contribution is 0.281. The van der Waals surface area contributed by atoms with E-state index < -0.39 is 0 Å². The van der Waals surface area contributed by atoms with E-state index in [-0.39, 0.29) is 12.6 Å². The van der Waals surface area contributed by atoms with E-state index in [0.717, 1.165) is 11.1 Å².